The van der Waals surface area contributed by atoms with Crippen molar-refractivity contribution in [3.63, 3.8) is 0 Å². The van der Waals surface area contributed by atoms with Crippen LogP contribution >= 0.6 is 15.9 Å². The Balaban J connectivity index is 1.69. The molecule has 3 aromatic carbocycles. The topological polar surface area (TPSA) is 43.4 Å². The molecule has 3 aromatic rings. The van der Waals surface area contributed by atoms with Crippen LogP contribution in [0.5, 0.6) is 0 Å². The van der Waals surface area contributed by atoms with Crippen molar-refractivity contribution in [2.75, 3.05) is 0 Å². The normalized spacial score (nSPS) is 11.9. The molecule has 4 heteroatoms. The number of hydrogen-bond donors (Lipinski definition) is 0. The Morgan fingerprint density at radius 3 is 2.40 bits per heavy atom. The maximum absolute atomic E-state index is 12.4. The Kier molecular flexibility index (Phi) is 5.29. The van der Waals surface area contributed by atoms with Crippen LogP contribution in [0.1, 0.15) is 22.8 Å². The second-order valence-electron chi connectivity index (χ2n) is 5.82. The van der Waals surface area contributed by atoms with Gasteiger partial charge >= 0.3 is 5.97 Å². The molecule has 0 radical (unpaired) electrons. The Hall–Kier alpha value is -2.46. The summed E-state index contributed by atoms with van der Waals surface area (Å²) in [6, 6.07) is 20.7. The minimum absolute atomic E-state index is 0.138. The number of halogens is 1. The minimum atomic E-state index is -0.816. The average Bonchev–Trinajstić information content (AvgIpc) is 2.62. The molecule has 0 aliphatic carbocycles. The van der Waals surface area contributed by atoms with Crippen molar-refractivity contribution in [1.29, 1.82) is 0 Å². The second kappa shape index (κ2) is 7.62. The van der Waals surface area contributed by atoms with Crippen molar-refractivity contribution in [2.24, 2.45) is 0 Å². The van der Waals surface area contributed by atoms with E-state index in [9.17, 15) is 9.59 Å². The number of ketones is 1. The van der Waals surface area contributed by atoms with Crippen LogP contribution in [0.4, 0.5) is 0 Å². The van der Waals surface area contributed by atoms with E-state index in [0.717, 1.165) is 20.8 Å². The molecule has 0 bridgehead atoms. The Labute approximate surface area is 154 Å². The van der Waals surface area contributed by atoms with E-state index in [0.29, 0.717) is 5.56 Å². The zero-order valence-corrected chi connectivity index (χ0v) is 15.3. The molecule has 0 heterocycles. The summed E-state index contributed by atoms with van der Waals surface area (Å²) in [7, 11) is 0. The summed E-state index contributed by atoms with van der Waals surface area (Å²) in [4.78, 5) is 24.6. The Bertz CT molecular complexity index is 911. The molecule has 0 saturated carbocycles. The number of esters is 1. The van der Waals surface area contributed by atoms with E-state index in [1.54, 1.807) is 31.2 Å². The van der Waals surface area contributed by atoms with Gasteiger partial charge in [-0.3, -0.25) is 9.59 Å². The van der Waals surface area contributed by atoms with Crippen molar-refractivity contribution in [3.05, 3.63) is 82.3 Å². The first-order valence-electron chi connectivity index (χ1n) is 8.00. The highest BCUT2D eigenvalue weighted by Crippen LogP contribution is 2.20. The fourth-order valence-electron chi connectivity index (χ4n) is 2.74. The zero-order chi connectivity index (χ0) is 17.8. The van der Waals surface area contributed by atoms with Crippen molar-refractivity contribution < 1.29 is 14.3 Å². The lowest BCUT2D eigenvalue weighted by Crippen LogP contribution is -2.25. The van der Waals surface area contributed by atoms with Gasteiger partial charge in [-0.25, -0.2) is 0 Å². The standard InChI is InChI=1S/C21H17BrO3/c1-14(21(24)16-9-11-18(22)12-10-16)25-20(23)13-17-7-4-6-15-5-2-3-8-19(15)17/h2-12,14H,13H2,1H3/t14-/m1/s1. The van der Waals surface area contributed by atoms with Gasteiger partial charge in [0.2, 0.25) is 5.78 Å². The first kappa shape index (κ1) is 17.4. The van der Waals surface area contributed by atoms with Crippen molar-refractivity contribution >= 4 is 38.5 Å². The molecule has 0 saturated heterocycles. The number of hydrogen-bond acceptors (Lipinski definition) is 3. The molecule has 0 amide bonds. The van der Waals surface area contributed by atoms with Crippen LogP contribution in [-0.2, 0) is 16.0 Å². The average molecular weight is 397 g/mol. The monoisotopic (exact) mass is 396 g/mol. The fraction of sp³-hybridized carbons (Fsp3) is 0.143. The van der Waals surface area contributed by atoms with Crippen LogP contribution < -0.4 is 0 Å². The van der Waals surface area contributed by atoms with E-state index in [2.05, 4.69) is 15.9 Å². The molecule has 0 unspecified atom stereocenters. The third-order valence-electron chi connectivity index (χ3n) is 4.02. The number of rotatable bonds is 5. The summed E-state index contributed by atoms with van der Waals surface area (Å²) >= 11 is 3.33. The SMILES string of the molecule is C[C@@H](OC(=O)Cc1cccc2ccccc12)C(=O)c1ccc(Br)cc1. The van der Waals surface area contributed by atoms with Gasteiger partial charge in [-0.05, 0) is 35.4 Å². The van der Waals surface area contributed by atoms with Gasteiger partial charge in [0, 0.05) is 10.0 Å². The quantitative estimate of drug-likeness (QED) is 0.452. The molecule has 0 aliphatic heterocycles. The van der Waals surface area contributed by atoms with E-state index in [1.807, 2.05) is 42.5 Å². The van der Waals surface area contributed by atoms with Crippen molar-refractivity contribution in [3.8, 4) is 0 Å². The van der Waals surface area contributed by atoms with Crippen LogP contribution in [0.3, 0.4) is 0 Å². The summed E-state index contributed by atoms with van der Waals surface area (Å²) in [6.45, 7) is 1.60. The summed E-state index contributed by atoms with van der Waals surface area (Å²) in [5.41, 5.74) is 1.42. The first-order valence-corrected chi connectivity index (χ1v) is 8.80. The zero-order valence-electron chi connectivity index (χ0n) is 13.7. The molecule has 126 valence electrons. The number of ether oxygens (including phenoxy) is 1. The van der Waals surface area contributed by atoms with E-state index in [-0.39, 0.29) is 12.2 Å². The first-order chi connectivity index (χ1) is 12.0. The van der Waals surface area contributed by atoms with Gasteiger partial charge in [0.15, 0.2) is 6.10 Å². The lowest BCUT2D eigenvalue weighted by molar-refractivity contribution is -0.145. The van der Waals surface area contributed by atoms with E-state index in [4.69, 9.17) is 4.74 Å². The number of benzene rings is 3. The van der Waals surface area contributed by atoms with Crippen LogP contribution in [0.15, 0.2) is 71.2 Å². The van der Waals surface area contributed by atoms with E-state index in [1.165, 1.54) is 0 Å². The molecule has 0 fully saturated rings. The van der Waals surface area contributed by atoms with Gasteiger partial charge in [-0.15, -0.1) is 0 Å². The van der Waals surface area contributed by atoms with Gasteiger partial charge in [-0.2, -0.15) is 0 Å². The summed E-state index contributed by atoms with van der Waals surface area (Å²) in [5, 5.41) is 2.10. The fourth-order valence-corrected chi connectivity index (χ4v) is 3.01. The van der Waals surface area contributed by atoms with Gasteiger partial charge in [0.1, 0.15) is 0 Å². The molecule has 0 N–H and O–H groups in total. The highest BCUT2D eigenvalue weighted by molar-refractivity contribution is 9.10. The summed E-state index contributed by atoms with van der Waals surface area (Å²) in [5.74, 6) is -0.618. The van der Waals surface area contributed by atoms with Crippen LogP contribution in [0.2, 0.25) is 0 Å². The number of fused-ring (bicyclic) bond motifs is 1. The molecule has 3 nitrogen and oxygen atoms in total. The van der Waals surface area contributed by atoms with Gasteiger partial charge in [0.05, 0.1) is 6.42 Å². The minimum Gasteiger partial charge on any atom is -0.454 e. The lowest BCUT2D eigenvalue weighted by atomic mass is 10.0. The third kappa shape index (κ3) is 4.15. The number of carbonyl (C=O) groups excluding carboxylic acids is 2. The Morgan fingerprint density at radius 2 is 1.64 bits per heavy atom. The van der Waals surface area contributed by atoms with Gasteiger partial charge in [-0.1, -0.05) is 70.5 Å². The highest BCUT2D eigenvalue weighted by Gasteiger charge is 2.20. The van der Waals surface area contributed by atoms with E-state index >= 15 is 0 Å². The number of carbonyl (C=O) groups is 2. The van der Waals surface area contributed by atoms with E-state index < -0.39 is 12.1 Å². The van der Waals surface area contributed by atoms with Crippen LogP contribution in [0, 0.1) is 0 Å². The van der Waals surface area contributed by atoms with Gasteiger partial charge in [0.25, 0.3) is 0 Å². The maximum Gasteiger partial charge on any atom is 0.310 e. The van der Waals surface area contributed by atoms with Gasteiger partial charge < -0.3 is 4.74 Å². The summed E-state index contributed by atoms with van der Waals surface area (Å²) < 4.78 is 6.24. The predicted molar refractivity (Wildman–Crippen MR) is 102 cm³/mol. The van der Waals surface area contributed by atoms with Crippen molar-refractivity contribution in [2.45, 2.75) is 19.4 Å². The largest absolute Gasteiger partial charge is 0.454 e. The molecular formula is C21H17BrO3. The molecule has 0 aromatic heterocycles. The smallest absolute Gasteiger partial charge is 0.310 e. The van der Waals surface area contributed by atoms with Crippen LogP contribution in [0.25, 0.3) is 10.8 Å². The number of Topliss-reactive ketones (excluding diaryl/α,β-unsaturated/α-hetero) is 1. The lowest BCUT2D eigenvalue weighted by Gasteiger charge is -2.13. The maximum atomic E-state index is 12.4. The molecule has 0 spiro atoms. The van der Waals surface area contributed by atoms with Crippen molar-refractivity contribution in [1.82, 2.24) is 0 Å². The molecular weight excluding hydrogens is 380 g/mol. The predicted octanol–water partition coefficient (Wildman–Crippen LogP) is 4.96. The molecule has 1 atom stereocenters. The highest BCUT2D eigenvalue weighted by atomic mass is 79.9. The van der Waals surface area contributed by atoms with Crippen LogP contribution in [-0.4, -0.2) is 17.9 Å². The second-order valence-corrected chi connectivity index (χ2v) is 6.73. The summed E-state index contributed by atoms with van der Waals surface area (Å²) in [6.07, 6.45) is -0.678. The molecule has 0 aliphatic rings. The molecule has 25 heavy (non-hydrogen) atoms. The third-order valence-corrected chi connectivity index (χ3v) is 4.55. The molecule has 3 rings (SSSR count). The Morgan fingerprint density at radius 1 is 0.960 bits per heavy atom.